The quantitative estimate of drug-likeness (QED) is 0.130. The van der Waals surface area contributed by atoms with Crippen molar-refractivity contribution in [3.63, 3.8) is 0 Å². The third-order valence-electron chi connectivity index (χ3n) is 17.6. The largest absolute Gasteiger partial charge is 0.309 e. The third kappa shape index (κ3) is 9.57. The second-order valence-corrected chi connectivity index (χ2v) is 23.3. The molecule has 0 fully saturated rings. The Labute approximate surface area is 517 Å². The number of aryl methyl sites for hydroxylation is 3. The molecule has 13 aromatic carbocycles. The van der Waals surface area contributed by atoms with Gasteiger partial charge in [0.1, 0.15) is 0 Å². The second-order valence-electron chi connectivity index (χ2n) is 23.3. The Morgan fingerprint density at radius 1 is 0.236 bits per heavy atom. The summed E-state index contributed by atoms with van der Waals surface area (Å²) in [6.45, 7) is 6.67. The highest BCUT2D eigenvalue weighted by atomic mass is 15.0. The number of rotatable bonds is 11. The molecule has 0 N–H and O–H groups in total. The molecule has 5 nitrogen and oxygen atoms in total. The van der Waals surface area contributed by atoms with E-state index >= 15 is 0 Å². The van der Waals surface area contributed by atoms with E-state index in [1.807, 2.05) is 0 Å². The van der Waals surface area contributed by atoms with E-state index < -0.39 is 0 Å². The molecule has 3 aromatic heterocycles. The molecule has 0 saturated carbocycles. The van der Waals surface area contributed by atoms with Crippen molar-refractivity contribution in [3.8, 4) is 112 Å². The number of benzene rings is 13. The van der Waals surface area contributed by atoms with Gasteiger partial charge in [-0.25, -0.2) is 15.0 Å². The fourth-order valence-corrected chi connectivity index (χ4v) is 13.6. The molecule has 0 aliphatic rings. The lowest BCUT2D eigenvalue weighted by atomic mass is 9.92. The van der Waals surface area contributed by atoms with Crippen LogP contribution in [0.25, 0.3) is 156 Å². The molecule has 420 valence electrons. The van der Waals surface area contributed by atoms with Gasteiger partial charge in [-0.2, -0.15) is 0 Å². The first kappa shape index (κ1) is 53.0. The summed E-state index contributed by atoms with van der Waals surface area (Å²) in [6, 6.07) is 110. The monoisotopic (exact) mass is 1140 g/mol. The van der Waals surface area contributed by atoms with Crippen molar-refractivity contribution < 1.29 is 0 Å². The van der Waals surface area contributed by atoms with Crippen molar-refractivity contribution in [2.45, 2.75) is 20.8 Å². The number of hydrogen-bond donors (Lipinski definition) is 0. The summed E-state index contributed by atoms with van der Waals surface area (Å²) in [6.07, 6.45) is 0. The maximum atomic E-state index is 5.61. The van der Waals surface area contributed by atoms with Crippen molar-refractivity contribution >= 4 is 43.6 Å². The summed E-state index contributed by atoms with van der Waals surface area (Å²) in [4.78, 5) is 16.6. The van der Waals surface area contributed by atoms with E-state index in [1.54, 1.807) is 0 Å². The van der Waals surface area contributed by atoms with Crippen molar-refractivity contribution in [1.29, 1.82) is 0 Å². The van der Waals surface area contributed by atoms with Crippen molar-refractivity contribution in [1.82, 2.24) is 24.1 Å². The summed E-state index contributed by atoms with van der Waals surface area (Å²) in [5, 5.41) is 4.78. The Kier molecular flexibility index (Phi) is 13.1. The average Bonchev–Trinajstić information content (AvgIpc) is 1.69. The van der Waals surface area contributed by atoms with Gasteiger partial charge in [0.25, 0.3) is 0 Å². The lowest BCUT2D eigenvalue weighted by Gasteiger charge is -2.21. The predicted octanol–water partition coefficient (Wildman–Crippen LogP) is 22.0. The van der Waals surface area contributed by atoms with Crippen molar-refractivity contribution in [3.05, 3.63) is 320 Å². The molecule has 0 bridgehead atoms. The molecular weight excluding hydrogens is 1080 g/mol. The topological polar surface area (TPSA) is 48.5 Å². The van der Waals surface area contributed by atoms with Gasteiger partial charge in [-0.05, 0) is 154 Å². The minimum absolute atomic E-state index is 0.564. The average molecular weight is 1140 g/mol. The number of nitrogens with zero attached hydrogens (tertiary/aromatic N) is 5. The molecule has 0 aliphatic carbocycles. The van der Waals surface area contributed by atoms with Gasteiger partial charge in [0.15, 0.2) is 17.5 Å². The Bertz CT molecular complexity index is 5160. The fraction of sp³-hybridized carbons (Fsp3) is 0.0357. The first-order valence-corrected chi connectivity index (χ1v) is 30.5. The van der Waals surface area contributed by atoms with Crippen LogP contribution in [0.1, 0.15) is 16.7 Å². The van der Waals surface area contributed by atoms with Crippen LogP contribution in [0.3, 0.4) is 0 Å². The van der Waals surface area contributed by atoms with Gasteiger partial charge < -0.3 is 9.13 Å². The molecule has 0 amide bonds. The molecule has 16 rings (SSSR count). The molecule has 0 saturated heterocycles. The SMILES string of the molecule is Cc1cc(C)c(-c2ccc3c(c2)c2ccc(-n4c5ccccc5c5ccccc54)cc2n3-c2c(-c3ccccc3)cc(-c3nc(-c4ccc(-c5ccccc5)cc4)nc(-c4cc(-c5ccccc5)cc(-c5ccccc5)c4)n3)cc2-c2ccccc2)c(C)c1. The van der Waals surface area contributed by atoms with Gasteiger partial charge in [-0.3, -0.25) is 0 Å². The van der Waals surface area contributed by atoms with Gasteiger partial charge >= 0.3 is 0 Å². The highest BCUT2D eigenvalue weighted by molar-refractivity contribution is 6.14. The van der Waals surface area contributed by atoms with Crippen LogP contribution < -0.4 is 0 Å². The molecule has 89 heavy (non-hydrogen) atoms. The van der Waals surface area contributed by atoms with Crippen LogP contribution in [0, 0.1) is 20.8 Å². The van der Waals surface area contributed by atoms with E-state index in [1.165, 1.54) is 44.0 Å². The maximum Gasteiger partial charge on any atom is 0.164 e. The standard InChI is InChI=1S/C84H59N5/c1-54-45-55(2)80(56(3)46-54)64-41-44-78-75(50-64)72-43-42-69(88-76-35-21-19-33-70(76)71-34-20-22-36-77(71)88)53-79(72)89(78)81-73(61-29-15-7-16-30-61)51-68(52-74(81)62-31-17-8-18-32-62)84-86-82(63-39-37-60(38-40-63)57-23-9-4-10-24-57)85-83(87-84)67-48-65(58-25-11-5-12-26-58)47-66(49-67)59-27-13-6-14-28-59/h4-53H,1-3H3. The highest BCUT2D eigenvalue weighted by Gasteiger charge is 2.25. The molecule has 0 atom stereocenters. The first-order valence-electron chi connectivity index (χ1n) is 30.5. The lowest BCUT2D eigenvalue weighted by molar-refractivity contribution is 1.07. The summed E-state index contributed by atoms with van der Waals surface area (Å²) in [7, 11) is 0. The Morgan fingerprint density at radius 3 is 1.13 bits per heavy atom. The van der Waals surface area contributed by atoms with Crippen LogP contribution in [0.15, 0.2) is 303 Å². The highest BCUT2D eigenvalue weighted by Crippen LogP contribution is 2.46. The van der Waals surface area contributed by atoms with E-state index in [0.717, 1.165) is 111 Å². The van der Waals surface area contributed by atoms with Crippen LogP contribution in [-0.4, -0.2) is 24.1 Å². The second kappa shape index (κ2) is 22.1. The van der Waals surface area contributed by atoms with Crippen LogP contribution >= 0.6 is 0 Å². The summed E-state index contributed by atoms with van der Waals surface area (Å²) in [5.74, 6) is 1.72. The van der Waals surface area contributed by atoms with Gasteiger partial charge in [0, 0.05) is 55.0 Å². The number of aromatic nitrogens is 5. The van der Waals surface area contributed by atoms with E-state index in [9.17, 15) is 0 Å². The minimum Gasteiger partial charge on any atom is -0.309 e. The van der Waals surface area contributed by atoms with Gasteiger partial charge in [0.05, 0.1) is 27.8 Å². The van der Waals surface area contributed by atoms with Crippen LogP contribution in [0.4, 0.5) is 0 Å². The zero-order valence-corrected chi connectivity index (χ0v) is 49.6. The van der Waals surface area contributed by atoms with E-state index in [2.05, 4.69) is 333 Å². The number of fused-ring (bicyclic) bond motifs is 6. The number of para-hydroxylation sites is 2. The molecule has 5 heteroatoms. The smallest absolute Gasteiger partial charge is 0.164 e. The predicted molar refractivity (Wildman–Crippen MR) is 372 cm³/mol. The molecular formula is C84H59N5. The Hall–Kier alpha value is -11.5. The molecule has 3 heterocycles. The van der Waals surface area contributed by atoms with E-state index in [-0.39, 0.29) is 0 Å². The van der Waals surface area contributed by atoms with Crippen molar-refractivity contribution in [2.24, 2.45) is 0 Å². The zero-order chi connectivity index (χ0) is 59.5. The Morgan fingerprint density at radius 2 is 0.618 bits per heavy atom. The van der Waals surface area contributed by atoms with Gasteiger partial charge in [-0.15, -0.1) is 0 Å². The van der Waals surface area contributed by atoms with Crippen LogP contribution in [0.2, 0.25) is 0 Å². The third-order valence-corrected chi connectivity index (χ3v) is 17.6. The fourth-order valence-electron chi connectivity index (χ4n) is 13.6. The minimum atomic E-state index is 0.564. The summed E-state index contributed by atoms with van der Waals surface area (Å²) < 4.78 is 4.97. The van der Waals surface area contributed by atoms with Crippen LogP contribution in [-0.2, 0) is 0 Å². The van der Waals surface area contributed by atoms with Crippen molar-refractivity contribution in [2.75, 3.05) is 0 Å². The van der Waals surface area contributed by atoms with Gasteiger partial charge in [0.2, 0.25) is 0 Å². The molecule has 0 aliphatic heterocycles. The molecule has 0 unspecified atom stereocenters. The van der Waals surface area contributed by atoms with Gasteiger partial charge in [-0.1, -0.05) is 242 Å². The normalized spacial score (nSPS) is 11.5. The number of hydrogen-bond acceptors (Lipinski definition) is 3. The maximum absolute atomic E-state index is 5.61. The molecule has 0 spiro atoms. The lowest BCUT2D eigenvalue weighted by Crippen LogP contribution is -2.04. The zero-order valence-electron chi connectivity index (χ0n) is 49.6. The first-order chi connectivity index (χ1) is 43.8. The molecule has 0 radical (unpaired) electrons. The van der Waals surface area contributed by atoms with Crippen LogP contribution in [0.5, 0.6) is 0 Å². The van der Waals surface area contributed by atoms with E-state index in [0.29, 0.717) is 17.5 Å². The van der Waals surface area contributed by atoms with E-state index in [4.69, 9.17) is 15.0 Å². The molecule has 16 aromatic rings. The Balaban J connectivity index is 0.987. The summed E-state index contributed by atoms with van der Waals surface area (Å²) >= 11 is 0. The summed E-state index contributed by atoms with van der Waals surface area (Å²) in [5.41, 5.74) is 26.4.